The molecule has 0 unspecified atom stereocenters. The Balaban J connectivity index is 1.55. The van der Waals surface area contributed by atoms with Crippen LogP contribution in [-0.4, -0.2) is 54.8 Å². The molecule has 1 fully saturated rings. The molecule has 0 bridgehead atoms. The third-order valence-corrected chi connectivity index (χ3v) is 5.25. The van der Waals surface area contributed by atoms with Gasteiger partial charge in [-0.15, -0.1) is 22.7 Å². The van der Waals surface area contributed by atoms with E-state index in [1.54, 1.807) is 16.7 Å². The van der Waals surface area contributed by atoms with Crippen LogP contribution in [0.4, 0.5) is 0 Å². The van der Waals surface area contributed by atoms with Gasteiger partial charge >= 0.3 is 5.97 Å². The molecule has 0 aromatic carbocycles. The molecule has 3 heterocycles. The molecule has 22 heavy (non-hydrogen) atoms. The zero-order valence-corrected chi connectivity index (χ0v) is 14.0. The molecule has 118 valence electrons. The van der Waals surface area contributed by atoms with E-state index < -0.39 is 0 Å². The Morgan fingerprint density at radius 1 is 1.45 bits per heavy atom. The Hall–Kier alpha value is -1.28. The Morgan fingerprint density at radius 2 is 2.27 bits per heavy atom. The second kappa shape index (κ2) is 7.32. The first kappa shape index (κ1) is 15.6. The molecule has 1 saturated heterocycles. The fraction of sp³-hybridized carbons (Fsp3) is 0.467. The van der Waals surface area contributed by atoms with Crippen molar-refractivity contribution >= 4 is 28.6 Å². The zero-order chi connectivity index (χ0) is 15.4. The number of ether oxygens (including phenoxy) is 2. The predicted octanol–water partition coefficient (Wildman–Crippen LogP) is 2.75. The van der Waals surface area contributed by atoms with Crippen molar-refractivity contribution in [3.63, 3.8) is 0 Å². The highest BCUT2D eigenvalue weighted by atomic mass is 32.1. The minimum Gasteiger partial charge on any atom is -0.457 e. The molecule has 0 N–H and O–H groups in total. The van der Waals surface area contributed by atoms with E-state index in [4.69, 9.17) is 9.47 Å². The highest BCUT2D eigenvalue weighted by Gasteiger charge is 2.19. The first-order chi connectivity index (χ1) is 10.7. The lowest BCUT2D eigenvalue weighted by Gasteiger charge is -2.28. The van der Waals surface area contributed by atoms with Crippen LogP contribution < -0.4 is 0 Å². The first-order valence-corrected chi connectivity index (χ1v) is 8.99. The van der Waals surface area contributed by atoms with Gasteiger partial charge in [0, 0.05) is 25.0 Å². The van der Waals surface area contributed by atoms with Gasteiger partial charge in [0.1, 0.15) is 11.1 Å². The molecule has 1 aliphatic rings. The van der Waals surface area contributed by atoms with Gasteiger partial charge in [-0.25, -0.2) is 9.78 Å². The third-order valence-electron chi connectivity index (χ3n) is 3.37. The molecular weight excluding hydrogens is 320 g/mol. The van der Waals surface area contributed by atoms with Gasteiger partial charge in [-0.3, -0.25) is 4.90 Å². The van der Waals surface area contributed by atoms with Crippen LogP contribution in [0.25, 0.3) is 9.88 Å². The molecule has 3 rings (SSSR count). The number of aromatic nitrogens is 1. The molecule has 0 radical (unpaired) electrons. The van der Waals surface area contributed by atoms with Gasteiger partial charge in [0.25, 0.3) is 0 Å². The number of thiazole rings is 1. The lowest BCUT2D eigenvalue weighted by Crippen LogP contribution is -2.41. The molecule has 0 spiro atoms. The minimum atomic E-state index is -0.347. The second-order valence-corrected chi connectivity index (χ2v) is 6.95. The van der Waals surface area contributed by atoms with Gasteiger partial charge in [0.15, 0.2) is 5.69 Å². The average Bonchev–Trinajstić information content (AvgIpc) is 3.19. The molecule has 2 aromatic heterocycles. The van der Waals surface area contributed by atoms with E-state index in [9.17, 15) is 4.79 Å². The van der Waals surface area contributed by atoms with Gasteiger partial charge in [0.2, 0.25) is 0 Å². The maximum atomic E-state index is 12.2. The van der Waals surface area contributed by atoms with E-state index in [-0.39, 0.29) is 12.1 Å². The lowest BCUT2D eigenvalue weighted by atomic mass is 10.3. The highest BCUT2D eigenvalue weighted by Crippen LogP contribution is 2.28. The summed E-state index contributed by atoms with van der Waals surface area (Å²) in [5.41, 5.74) is 0.391. The van der Waals surface area contributed by atoms with E-state index in [2.05, 4.69) is 9.88 Å². The number of carbonyl (C=O) groups is 1. The normalized spacial score (nSPS) is 17.3. The van der Waals surface area contributed by atoms with Crippen molar-refractivity contribution in [2.24, 2.45) is 0 Å². The lowest BCUT2D eigenvalue weighted by molar-refractivity contribution is 0.000165. The summed E-state index contributed by atoms with van der Waals surface area (Å²) in [5, 5.41) is 4.63. The van der Waals surface area contributed by atoms with Crippen molar-refractivity contribution in [2.75, 3.05) is 32.8 Å². The summed E-state index contributed by atoms with van der Waals surface area (Å²) in [6, 6.07) is 3.98. The molecule has 0 aliphatic carbocycles. The minimum absolute atomic E-state index is 0.155. The molecule has 0 saturated carbocycles. The quantitative estimate of drug-likeness (QED) is 0.785. The smallest absolute Gasteiger partial charge is 0.358 e. The molecule has 5 nitrogen and oxygen atoms in total. The second-order valence-electron chi connectivity index (χ2n) is 5.14. The van der Waals surface area contributed by atoms with Crippen molar-refractivity contribution in [2.45, 2.75) is 13.0 Å². The number of thiophene rings is 1. The van der Waals surface area contributed by atoms with Crippen molar-refractivity contribution < 1.29 is 14.3 Å². The van der Waals surface area contributed by atoms with Crippen LogP contribution in [0.15, 0.2) is 22.9 Å². The Kier molecular flexibility index (Phi) is 5.20. The average molecular weight is 338 g/mol. The molecule has 1 aliphatic heterocycles. The standard InChI is InChI=1S/C15H18N2O3S2/c1-11(9-17-4-6-19-7-5-17)20-15(18)12-10-22-14(16-12)13-3-2-8-21-13/h2-3,8,10-11H,4-7,9H2,1H3/t11-/m0/s1. The maximum absolute atomic E-state index is 12.2. The van der Waals surface area contributed by atoms with Crippen molar-refractivity contribution in [1.29, 1.82) is 0 Å². The number of hydrogen-bond acceptors (Lipinski definition) is 7. The summed E-state index contributed by atoms with van der Waals surface area (Å²) < 4.78 is 10.8. The first-order valence-electron chi connectivity index (χ1n) is 7.23. The molecule has 7 heteroatoms. The van der Waals surface area contributed by atoms with Crippen LogP contribution in [-0.2, 0) is 9.47 Å². The van der Waals surface area contributed by atoms with Gasteiger partial charge in [-0.2, -0.15) is 0 Å². The summed E-state index contributed by atoms with van der Waals surface area (Å²) in [5.74, 6) is -0.347. The fourth-order valence-electron chi connectivity index (χ4n) is 2.31. The van der Waals surface area contributed by atoms with Crippen molar-refractivity contribution in [1.82, 2.24) is 9.88 Å². The van der Waals surface area contributed by atoms with Gasteiger partial charge in [-0.05, 0) is 18.4 Å². The van der Waals surface area contributed by atoms with Crippen LogP contribution in [0.3, 0.4) is 0 Å². The van der Waals surface area contributed by atoms with Gasteiger partial charge in [0.05, 0.1) is 18.1 Å². The number of esters is 1. The summed E-state index contributed by atoms with van der Waals surface area (Å²) >= 11 is 3.09. The van der Waals surface area contributed by atoms with E-state index in [0.717, 1.165) is 42.7 Å². The summed E-state index contributed by atoms with van der Waals surface area (Å²) in [6.07, 6.45) is -0.155. The summed E-state index contributed by atoms with van der Waals surface area (Å²) in [7, 11) is 0. The van der Waals surface area contributed by atoms with Crippen LogP contribution in [0.1, 0.15) is 17.4 Å². The van der Waals surface area contributed by atoms with Crippen molar-refractivity contribution in [3.8, 4) is 9.88 Å². The number of carbonyl (C=O) groups excluding carboxylic acids is 1. The highest BCUT2D eigenvalue weighted by molar-refractivity contribution is 7.20. The topological polar surface area (TPSA) is 51.7 Å². The Morgan fingerprint density at radius 3 is 3.00 bits per heavy atom. The van der Waals surface area contributed by atoms with Gasteiger partial charge in [-0.1, -0.05) is 6.07 Å². The van der Waals surface area contributed by atoms with Gasteiger partial charge < -0.3 is 9.47 Å². The van der Waals surface area contributed by atoms with E-state index in [0.29, 0.717) is 5.69 Å². The molecular formula is C15H18N2O3S2. The monoisotopic (exact) mass is 338 g/mol. The predicted molar refractivity (Wildman–Crippen MR) is 87.6 cm³/mol. The largest absolute Gasteiger partial charge is 0.457 e. The summed E-state index contributed by atoms with van der Waals surface area (Å²) in [4.78, 5) is 19.9. The fourth-order valence-corrected chi connectivity index (χ4v) is 3.91. The SMILES string of the molecule is C[C@@H](CN1CCOCC1)OC(=O)c1csc(-c2cccs2)n1. The molecule has 2 aromatic rings. The van der Waals surface area contributed by atoms with Crippen LogP contribution >= 0.6 is 22.7 Å². The van der Waals surface area contributed by atoms with Crippen molar-refractivity contribution in [3.05, 3.63) is 28.6 Å². The van der Waals surface area contributed by atoms with E-state index >= 15 is 0 Å². The maximum Gasteiger partial charge on any atom is 0.358 e. The van der Waals surface area contributed by atoms with E-state index in [1.807, 2.05) is 24.4 Å². The summed E-state index contributed by atoms with van der Waals surface area (Å²) in [6.45, 7) is 5.92. The Bertz CT molecular complexity index is 606. The molecule has 1 atom stereocenters. The third kappa shape index (κ3) is 3.92. The zero-order valence-electron chi connectivity index (χ0n) is 12.4. The number of rotatable bonds is 5. The number of morpholine rings is 1. The number of hydrogen-bond donors (Lipinski definition) is 0. The van der Waals surface area contributed by atoms with Crippen LogP contribution in [0, 0.1) is 0 Å². The van der Waals surface area contributed by atoms with Crippen LogP contribution in [0.2, 0.25) is 0 Å². The Labute approximate surface area is 137 Å². The molecule has 0 amide bonds. The van der Waals surface area contributed by atoms with E-state index in [1.165, 1.54) is 11.3 Å². The number of nitrogens with zero attached hydrogens (tertiary/aromatic N) is 2. The van der Waals surface area contributed by atoms with Crippen LogP contribution in [0.5, 0.6) is 0 Å².